The molecule has 1 aliphatic rings. The number of nitrogens with one attached hydrogen (secondary N) is 1. The van der Waals surface area contributed by atoms with Crippen LogP contribution in [0.1, 0.15) is 37.7 Å². The van der Waals surface area contributed by atoms with E-state index in [0.717, 1.165) is 16.8 Å². The zero-order valence-electron chi connectivity index (χ0n) is 10.5. The molecule has 0 spiro atoms. The highest BCUT2D eigenvalue weighted by Crippen LogP contribution is 2.26. The van der Waals surface area contributed by atoms with Crippen LogP contribution in [0.4, 0.5) is 0 Å². The molecule has 1 aliphatic carbocycles. The van der Waals surface area contributed by atoms with Gasteiger partial charge in [-0.25, -0.2) is 0 Å². The highest BCUT2D eigenvalue weighted by Gasteiger charge is 2.22. The van der Waals surface area contributed by atoms with Crippen LogP contribution in [-0.4, -0.2) is 18.1 Å². The third kappa shape index (κ3) is 3.78. The van der Waals surface area contributed by atoms with Gasteiger partial charge in [0.05, 0.1) is 0 Å². The largest absolute Gasteiger partial charge is 0.317 e. The number of nitrogens with zero attached hydrogens (tertiary/aromatic N) is 1. The number of pyridine rings is 1. The quantitative estimate of drug-likeness (QED) is 0.863. The van der Waals surface area contributed by atoms with Crippen molar-refractivity contribution < 1.29 is 0 Å². The average molecular weight is 297 g/mol. The van der Waals surface area contributed by atoms with Gasteiger partial charge in [-0.05, 0) is 59.8 Å². The summed E-state index contributed by atoms with van der Waals surface area (Å²) >= 11 is 3.50. The van der Waals surface area contributed by atoms with E-state index in [1.165, 1.54) is 37.7 Å². The lowest BCUT2D eigenvalue weighted by Crippen LogP contribution is -2.33. The predicted octanol–water partition coefficient (Wildman–Crippen LogP) is 3.55. The van der Waals surface area contributed by atoms with Crippen LogP contribution < -0.4 is 5.32 Å². The standard InChI is InChI=1S/C14H21BrN2/c1-16-14-6-4-2-3-5-12(14)7-11-8-13(15)10-17-9-11/h8-10,12,14,16H,2-7H2,1H3. The van der Waals surface area contributed by atoms with E-state index in [9.17, 15) is 0 Å². The molecule has 0 radical (unpaired) electrons. The van der Waals surface area contributed by atoms with E-state index in [-0.39, 0.29) is 0 Å². The van der Waals surface area contributed by atoms with Crippen molar-refractivity contribution in [1.82, 2.24) is 10.3 Å². The maximum absolute atomic E-state index is 4.26. The Labute approximate surface area is 112 Å². The topological polar surface area (TPSA) is 24.9 Å². The second-order valence-electron chi connectivity index (χ2n) is 5.01. The van der Waals surface area contributed by atoms with Crippen LogP contribution in [0.5, 0.6) is 0 Å². The number of rotatable bonds is 3. The van der Waals surface area contributed by atoms with Crippen molar-refractivity contribution in [3.05, 3.63) is 28.5 Å². The summed E-state index contributed by atoms with van der Waals surface area (Å²) in [7, 11) is 2.10. The Bertz CT molecular complexity index is 354. The molecule has 1 aromatic heterocycles. The maximum atomic E-state index is 4.26. The maximum Gasteiger partial charge on any atom is 0.0410 e. The molecular weight excluding hydrogens is 276 g/mol. The van der Waals surface area contributed by atoms with E-state index in [0.29, 0.717) is 6.04 Å². The van der Waals surface area contributed by atoms with Crippen molar-refractivity contribution in [1.29, 1.82) is 0 Å². The van der Waals surface area contributed by atoms with Crippen LogP contribution in [-0.2, 0) is 6.42 Å². The van der Waals surface area contributed by atoms with E-state index < -0.39 is 0 Å². The second-order valence-corrected chi connectivity index (χ2v) is 5.92. The van der Waals surface area contributed by atoms with Crippen LogP contribution >= 0.6 is 15.9 Å². The lowest BCUT2D eigenvalue weighted by atomic mass is 9.89. The fraction of sp³-hybridized carbons (Fsp3) is 0.643. The van der Waals surface area contributed by atoms with Gasteiger partial charge in [0.15, 0.2) is 0 Å². The molecule has 0 aliphatic heterocycles. The molecular formula is C14H21BrN2. The first-order chi connectivity index (χ1) is 8.29. The number of hydrogen-bond acceptors (Lipinski definition) is 2. The molecule has 1 fully saturated rings. The monoisotopic (exact) mass is 296 g/mol. The van der Waals surface area contributed by atoms with Crippen LogP contribution in [0, 0.1) is 5.92 Å². The first-order valence-electron chi connectivity index (χ1n) is 6.56. The van der Waals surface area contributed by atoms with Gasteiger partial charge in [-0.15, -0.1) is 0 Å². The summed E-state index contributed by atoms with van der Waals surface area (Å²) in [5.74, 6) is 0.763. The third-order valence-corrected chi connectivity index (χ3v) is 4.22. The van der Waals surface area contributed by atoms with E-state index in [1.807, 2.05) is 12.4 Å². The number of aromatic nitrogens is 1. The highest BCUT2D eigenvalue weighted by molar-refractivity contribution is 9.10. The van der Waals surface area contributed by atoms with E-state index in [4.69, 9.17) is 0 Å². The zero-order valence-corrected chi connectivity index (χ0v) is 12.0. The Morgan fingerprint density at radius 1 is 1.29 bits per heavy atom. The summed E-state index contributed by atoms with van der Waals surface area (Å²) in [4.78, 5) is 4.26. The summed E-state index contributed by atoms with van der Waals surface area (Å²) < 4.78 is 1.09. The molecule has 3 heteroatoms. The minimum atomic E-state index is 0.677. The van der Waals surface area contributed by atoms with Crippen molar-refractivity contribution in [2.45, 2.75) is 44.6 Å². The van der Waals surface area contributed by atoms with Crippen LogP contribution in [0.15, 0.2) is 22.9 Å². The lowest BCUT2D eigenvalue weighted by Gasteiger charge is -2.24. The Balaban J connectivity index is 2.04. The molecule has 1 saturated carbocycles. The Hall–Kier alpha value is -0.410. The second kappa shape index (κ2) is 6.50. The van der Waals surface area contributed by atoms with Gasteiger partial charge in [0.25, 0.3) is 0 Å². The van der Waals surface area contributed by atoms with Crippen molar-refractivity contribution in [3.8, 4) is 0 Å². The van der Waals surface area contributed by atoms with Gasteiger partial charge in [-0.1, -0.05) is 19.3 Å². The van der Waals surface area contributed by atoms with Gasteiger partial charge in [-0.2, -0.15) is 0 Å². The SMILES string of the molecule is CNC1CCCCCC1Cc1cncc(Br)c1. The fourth-order valence-electron chi connectivity index (χ4n) is 2.88. The molecule has 1 heterocycles. The van der Waals surface area contributed by atoms with E-state index in [2.05, 4.69) is 39.3 Å². The van der Waals surface area contributed by atoms with Gasteiger partial charge >= 0.3 is 0 Å². The van der Waals surface area contributed by atoms with Gasteiger partial charge in [0.1, 0.15) is 0 Å². The lowest BCUT2D eigenvalue weighted by molar-refractivity contribution is 0.350. The molecule has 94 valence electrons. The highest BCUT2D eigenvalue weighted by atomic mass is 79.9. The smallest absolute Gasteiger partial charge is 0.0410 e. The Morgan fingerprint density at radius 2 is 2.12 bits per heavy atom. The molecule has 0 amide bonds. The first kappa shape index (κ1) is 13.0. The van der Waals surface area contributed by atoms with Crippen molar-refractivity contribution in [3.63, 3.8) is 0 Å². The molecule has 2 atom stereocenters. The minimum absolute atomic E-state index is 0.677. The Morgan fingerprint density at radius 3 is 2.88 bits per heavy atom. The molecule has 1 N–H and O–H groups in total. The summed E-state index contributed by atoms with van der Waals surface area (Å²) in [6.45, 7) is 0. The summed E-state index contributed by atoms with van der Waals surface area (Å²) in [5, 5.41) is 3.50. The van der Waals surface area contributed by atoms with E-state index in [1.54, 1.807) is 0 Å². The summed E-state index contributed by atoms with van der Waals surface area (Å²) in [6.07, 6.45) is 11.8. The zero-order chi connectivity index (χ0) is 12.1. The molecule has 0 aromatic carbocycles. The van der Waals surface area contributed by atoms with Gasteiger partial charge in [0.2, 0.25) is 0 Å². The van der Waals surface area contributed by atoms with E-state index >= 15 is 0 Å². The van der Waals surface area contributed by atoms with Crippen molar-refractivity contribution >= 4 is 15.9 Å². The molecule has 2 rings (SSSR count). The van der Waals surface area contributed by atoms with Crippen LogP contribution in [0.25, 0.3) is 0 Å². The normalized spacial score (nSPS) is 25.5. The van der Waals surface area contributed by atoms with Gasteiger partial charge in [0, 0.05) is 22.9 Å². The summed E-state index contributed by atoms with van der Waals surface area (Å²) in [5.41, 5.74) is 1.35. The molecule has 0 bridgehead atoms. The molecule has 1 aromatic rings. The minimum Gasteiger partial charge on any atom is -0.317 e. The summed E-state index contributed by atoms with van der Waals surface area (Å²) in [6, 6.07) is 2.88. The van der Waals surface area contributed by atoms with Crippen molar-refractivity contribution in [2.24, 2.45) is 5.92 Å². The van der Waals surface area contributed by atoms with Crippen LogP contribution in [0.3, 0.4) is 0 Å². The molecule has 2 unspecified atom stereocenters. The molecule has 0 saturated heterocycles. The first-order valence-corrected chi connectivity index (χ1v) is 7.35. The number of halogens is 1. The predicted molar refractivity (Wildman–Crippen MR) is 75.1 cm³/mol. The third-order valence-electron chi connectivity index (χ3n) is 3.79. The van der Waals surface area contributed by atoms with Gasteiger partial charge < -0.3 is 5.32 Å². The van der Waals surface area contributed by atoms with Crippen LogP contribution in [0.2, 0.25) is 0 Å². The van der Waals surface area contributed by atoms with Gasteiger partial charge in [-0.3, -0.25) is 4.98 Å². The number of hydrogen-bond donors (Lipinski definition) is 1. The average Bonchev–Trinajstić information content (AvgIpc) is 2.54. The fourth-order valence-corrected chi connectivity index (χ4v) is 3.29. The Kier molecular flexibility index (Phi) is 4.99. The van der Waals surface area contributed by atoms with Crippen molar-refractivity contribution in [2.75, 3.05) is 7.05 Å². The molecule has 17 heavy (non-hydrogen) atoms. The molecule has 2 nitrogen and oxygen atoms in total.